The van der Waals surface area contributed by atoms with Crippen LogP contribution in [-0.2, 0) is 9.47 Å². The minimum atomic E-state index is -2.18. The maximum Gasteiger partial charge on any atom is 0.373 e. The predicted octanol–water partition coefficient (Wildman–Crippen LogP) is 6.14. The Hall–Kier alpha value is -1.88. The van der Waals surface area contributed by atoms with Crippen molar-refractivity contribution >= 4 is 11.9 Å². The molecule has 1 heterocycles. The zero-order chi connectivity index (χ0) is 21.0. The number of hydrogen-bond donors (Lipinski definition) is 1. The van der Waals surface area contributed by atoms with E-state index in [9.17, 15) is 14.7 Å². The van der Waals surface area contributed by atoms with E-state index in [4.69, 9.17) is 9.47 Å². The first-order valence-corrected chi connectivity index (χ1v) is 11.3. The highest BCUT2D eigenvalue weighted by Crippen LogP contribution is 2.27. The molecule has 0 radical (unpaired) electrons. The summed E-state index contributed by atoms with van der Waals surface area (Å²) >= 11 is 0. The third kappa shape index (κ3) is 8.17. The average molecular weight is 405 g/mol. The fourth-order valence-electron chi connectivity index (χ4n) is 3.73. The third-order valence-electron chi connectivity index (χ3n) is 5.47. The standard InChI is InChI=1S/C24H36O5/c1-2-3-4-5-6-7-8-9-10-11-12-13-16-19-24(27)28-22(25)20-17-14-15-18-21(20)23(26)29-24/h14-15,17-18,27H,2-13,16,19H2,1H3. The van der Waals surface area contributed by atoms with Crippen molar-refractivity contribution in [2.45, 2.75) is 103 Å². The minimum absolute atomic E-state index is 0.0935. The Kier molecular flexibility index (Phi) is 10.2. The molecule has 5 heteroatoms. The summed E-state index contributed by atoms with van der Waals surface area (Å²) in [5.41, 5.74) is 0.248. The Morgan fingerprint density at radius 1 is 0.690 bits per heavy atom. The van der Waals surface area contributed by atoms with Gasteiger partial charge in [0.1, 0.15) is 0 Å². The summed E-state index contributed by atoms with van der Waals surface area (Å²) in [6.07, 6.45) is 15.8. The van der Waals surface area contributed by atoms with Crippen molar-refractivity contribution in [2.75, 3.05) is 0 Å². The number of benzene rings is 1. The molecule has 0 atom stereocenters. The highest BCUT2D eigenvalue weighted by molar-refractivity contribution is 6.04. The number of rotatable bonds is 14. The molecule has 1 N–H and O–H groups in total. The van der Waals surface area contributed by atoms with Crippen LogP contribution in [0.2, 0.25) is 0 Å². The molecule has 1 aliphatic rings. The summed E-state index contributed by atoms with van der Waals surface area (Å²) in [5, 5.41) is 10.5. The summed E-state index contributed by atoms with van der Waals surface area (Å²) in [6, 6.07) is 6.28. The lowest BCUT2D eigenvalue weighted by molar-refractivity contribution is -0.306. The van der Waals surface area contributed by atoms with Crippen LogP contribution in [0.1, 0.15) is 118 Å². The number of esters is 2. The maximum absolute atomic E-state index is 12.2. The summed E-state index contributed by atoms with van der Waals surface area (Å²) in [5.74, 6) is -3.64. The Balaban J connectivity index is 1.56. The van der Waals surface area contributed by atoms with E-state index in [1.165, 1.54) is 76.3 Å². The van der Waals surface area contributed by atoms with E-state index in [2.05, 4.69) is 6.92 Å². The van der Waals surface area contributed by atoms with E-state index in [0.29, 0.717) is 6.42 Å². The summed E-state index contributed by atoms with van der Waals surface area (Å²) in [7, 11) is 0. The van der Waals surface area contributed by atoms with Crippen molar-refractivity contribution in [3.63, 3.8) is 0 Å². The summed E-state index contributed by atoms with van der Waals surface area (Å²) in [4.78, 5) is 24.4. The lowest BCUT2D eigenvalue weighted by Crippen LogP contribution is -2.37. The van der Waals surface area contributed by atoms with E-state index in [0.717, 1.165) is 12.8 Å². The van der Waals surface area contributed by atoms with Crippen molar-refractivity contribution in [1.29, 1.82) is 0 Å². The quantitative estimate of drug-likeness (QED) is 0.298. The molecule has 0 fully saturated rings. The van der Waals surface area contributed by atoms with Crippen molar-refractivity contribution in [3.05, 3.63) is 35.4 Å². The van der Waals surface area contributed by atoms with Crippen molar-refractivity contribution in [3.8, 4) is 0 Å². The van der Waals surface area contributed by atoms with Crippen LogP contribution in [0.15, 0.2) is 24.3 Å². The number of unbranched alkanes of at least 4 members (excludes halogenated alkanes) is 12. The first kappa shape index (κ1) is 23.4. The number of aliphatic hydroxyl groups is 1. The van der Waals surface area contributed by atoms with Crippen LogP contribution in [0.3, 0.4) is 0 Å². The zero-order valence-corrected chi connectivity index (χ0v) is 17.8. The minimum Gasteiger partial charge on any atom is -0.394 e. The highest BCUT2D eigenvalue weighted by atomic mass is 16.8. The molecule has 2 rings (SSSR count). The van der Waals surface area contributed by atoms with Gasteiger partial charge in [-0.05, 0) is 18.6 Å². The molecule has 1 aromatic rings. The molecule has 1 aromatic carbocycles. The first-order chi connectivity index (χ1) is 14.1. The van der Waals surface area contributed by atoms with Crippen LogP contribution in [0.4, 0.5) is 0 Å². The average Bonchev–Trinajstić information content (AvgIpc) is 2.80. The largest absolute Gasteiger partial charge is 0.394 e. The number of carbonyl (C=O) groups is 2. The van der Waals surface area contributed by atoms with Gasteiger partial charge in [0.25, 0.3) is 0 Å². The number of hydrogen-bond acceptors (Lipinski definition) is 5. The lowest BCUT2D eigenvalue weighted by atomic mass is 10.0. The number of fused-ring (bicyclic) bond motifs is 1. The monoisotopic (exact) mass is 404 g/mol. The molecular formula is C24H36O5. The normalized spacial score (nSPS) is 15.4. The number of cyclic esters (lactones) is 2. The van der Waals surface area contributed by atoms with Crippen LogP contribution >= 0.6 is 0 Å². The topological polar surface area (TPSA) is 72.8 Å². The second-order valence-electron chi connectivity index (χ2n) is 8.03. The lowest BCUT2D eigenvalue weighted by Gasteiger charge is -2.24. The van der Waals surface area contributed by atoms with Crippen LogP contribution in [0.5, 0.6) is 0 Å². The SMILES string of the molecule is CCCCCCCCCCCCCCCC1(O)OC(=O)c2ccccc2C(=O)O1. The van der Waals surface area contributed by atoms with Crippen molar-refractivity contribution in [2.24, 2.45) is 0 Å². The summed E-state index contributed by atoms with van der Waals surface area (Å²) in [6.45, 7) is 2.25. The number of carbonyl (C=O) groups excluding carboxylic acids is 2. The smallest absolute Gasteiger partial charge is 0.373 e. The molecule has 0 amide bonds. The van der Waals surface area contributed by atoms with Gasteiger partial charge < -0.3 is 14.6 Å². The molecule has 0 bridgehead atoms. The van der Waals surface area contributed by atoms with Gasteiger partial charge >= 0.3 is 17.9 Å². The fourth-order valence-corrected chi connectivity index (χ4v) is 3.73. The second kappa shape index (κ2) is 12.6. The molecule has 29 heavy (non-hydrogen) atoms. The van der Waals surface area contributed by atoms with E-state index in [1.807, 2.05) is 0 Å². The zero-order valence-electron chi connectivity index (χ0n) is 17.8. The molecule has 0 unspecified atom stereocenters. The van der Waals surface area contributed by atoms with Gasteiger partial charge in [0.2, 0.25) is 0 Å². The van der Waals surface area contributed by atoms with E-state index in [1.54, 1.807) is 12.1 Å². The van der Waals surface area contributed by atoms with Gasteiger partial charge in [-0.25, -0.2) is 9.59 Å². The molecule has 0 aromatic heterocycles. The molecule has 0 spiro atoms. The molecule has 5 nitrogen and oxygen atoms in total. The summed E-state index contributed by atoms with van der Waals surface area (Å²) < 4.78 is 10.2. The molecule has 0 saturated carbocycles. The van der Waals surface area contributed by atoms with E-state index in [-0.39, 0.29) is 17.5 Å². The molecule has 1 aliphatic heterocycles. The first-order valence-electron chi connectivity index (χ1n) is 11.3. The van der Waals surface area contributed by atoms with Gasteiger partial charge in [-0.3, -0.25) is 0 Å². The predicted molar refractivity (Wildman–Crippen MR) is 113 cm³/mol. The Morgan fingerprint density at radius 3 is 1.48 bits per heavy atom. The van der Waals surface area contributed by atoms with E-state index < -0.39 is 17.9 Å². The van der Waals surface area contributed by atoms with Crippen LogP contribution in [0.25, 0.3) is 0 Å². The highest BCUT2D eigenvalue weighted by Gasteiger charge is 2.41. The van der Waals surface area contributed by atoms with Crippen molar-refractivity contribution < 1.29 is 24.2 Å². The molecular weight excluding hydrogens is 368 g/mol. The van der Waals surface area contributed by atoms with Gasteiger partial charge in [0.15, 0.2) is 0 Å². The second-order valence-corrected chi connectivity index (χ2v) is 8.03. The Labute approximate surface area is 174 Å². The van der Waals surface area contributed by atoms with Gasteiger partial charge in [-0.2, -0.15) is 0 Å². The maximum atomic E-state index is 12.2. The van der Waals surface area contributed by atoms with Gasteiger partial charge in [0.05, 0.1) is 17.5 Å². The fraction of sp³-hybridized carbons (Fsp3) is 0.667. The third-order valence-corrected chi connectivity index (χ3v) is 5.47. The van der Waals surface area contributed by atoms with Gasteiger partial charge in [-0.15, -0.1) is 0 Å². The van der Waals surface area contributed by atoms with Gasteiger partial charge in [-0.1, -0.05) is 96.1 Å². The van der Waals surface area contributed by atoms with Gasteiger partial charge in [0, 0.05) is 0 Å². The molecule has 162 valence electrons. The Bertz CT molecular complexity index is 603. The van der Waals surface area contributed by atoms with Crippen molar-refractivity contribution in [1.82, 2.24) is 0 Å². The van der Waals surface area contributed by atoms with Crippen LogP contribution < -0.4 is 0 Å². The molecule has 0 aliphatic carbocycles. The van der Waals surface area contributed by atoms with E-state index >= 15 is 0 Å². The molecule has 0 saturated heterocycles. The van der Waals surface area contributed by atoms with Crippen LogP contribution in [0, 0.1) is 0 Å². The van der Waals surface area contributed by atoms with Crippen LogP contribution in [-0.4, -0.2) is 23.0 Å². The number of ether oxygens (including phenoxy) is 2. The Morgan fingerprint density at radius 2 is 1.07 bits per heavy atom.